The summed E-state index contributed by atoms with van der Waals surface area (Å²) in [5, 5.41) is 32.7. The molecule has 6 aliphatic rings. The molecule has 12 heterocycles. The van der Waals surface area contributed by atoms with Crippen LogP contribution in [0.5, 0.6) is 17.2 Å². The Balaban J connectivity index is 0.000000147. The predicted octanol–water partition coefficient (Wildman–Crippen LogP) is 15.4. The van der Waals surface area contributed by atoms with Gasteiger partial charge in [0.05, 0.1) is 128 Å². The van der Waals surface area contributed by atoms with Crippen LogP contribution in [0.25, 0.3) is 83.2 Å². The largest absolute Gasteiger partial charge is 0.507 e. The molecule has 6 aromatic heterocycles. The second kappa shape index (κ2) is 36.1. The average Bonchev–Trinajstić information content (AvgIpc) is 1.20. The lowest BCUT2D eigenvalue weighted by molar-refractivity contribution is -0.128. The monoisotopic (exact) mass is 1950 g/mol. The Bertz CT molecular complexity index is 7540. The average molecular weight is 1960 g/mol. The van der Waals surface area contributed by atoms with Crippen molar-refractivity contribution in [1.82, 2.24) is 58.3 Å². The fourth-order valence-corrected chi connectivity index (χ4v) is 22.7. The highest BCUT2D eigenvalue weighted by Crippen LogP contribution is 2.55. The number of fused-ring (bicyclic) bond motifs is 6. The van der Waals surface area contributed by atoms with Gasteiger partial charge in [-0.05, 0) is 128 Å². The quantitative estimate of drug-likeness (QED) is 0.0501. The van der Waals surface area contributed by atoms with Crippen molar-refractivity contribution in [3.8, 4) is 67.7 Å². The third-order valence-corrected chi connectivity index (χ3v) is 29.0. The summed E-state index contributed by atoms with van der Waals surface area (Å²) in [5.41, 5.74) is -5.89. The number of nitrogens with one attached hydrogen (secondary N) is 1. The number of sulfone groups is 1. The molecule has 0 saturated carbocycles. The van der Waals surface area contributed by atoms with Crippen LogP contribution >= 0.6 is 46.6 Å². The van der Waals surface area contributed by atoms with Gasteiger partial charge in [0.1, 0.15) is 46.3 Å². The summed E-state index contributed by atoms with van der Waals surface area (Å²) in [6.45, 7) is 27.6. The van der Waals surface area contributed by atoms with E-state index in [-0.39, 0.29) is 142 Å². The van der Waals surface area contributed by atoms with Gasteiger partial charge in [-0.3, -0.25) is 47.8 Å². The molecule has 0 aliphatic carbocycles. The van der Waals surface area contributed by atoms with E-state index in [0.717, 1.165) is 50.1 Å². The van der Waals surface area contributed by atoms with E-state index in [1.165, 1.54) is 49.8 Å². The van der Waals surface area contributed by atoms with Crippen LogP contribution in [0.2, 0.25) is 15.1 Å². The first kappa shape index (κ1) is 94.8. The zero-order valence-electron chi connectivity index (χ0n) is 73.1. The number of rotatable bonds is 12. The number of hydrogen-bond donors (Lipinski definition) is 4. The number of piperazine rings is 3. The molecule has 42 heteroatoms. The van der Waals surface area contributed by atoms with E-state index in [1.807, 2.05) is 32.6 Å². The molecule has 0 bridgehead atoms. The normalized spacial score (nSPS) is 16.6. The Labute approximate surface area is 781 Å². The molecule has 700 valence electrons. The molecular formula is C93H80Cl3F9N16O12S2. The van der Waals surface area contributed by atoms with Gasteiger partial charge in [-0.2, -0.15) is 15.0 Å². The topological polar surface area (TPSA) is 338 Å². The van der Waals surface area contributed by atoms with Gasteiger partial charge >= 0.3 is 17.1 Å². The van der Waals surface area contributed by atoms with Crippen molar-refractivity contribution in [2.45, 2.75) is 108 Å². The van der Waals surface area contributed by atoms with Crippen LogP contribution in [-0.2, 0) is 29.0 Å². The summed E-state index contributed by atoms with van der Waals surface area (Å²) in [7, 11) is -4.55. The summed E-state index contributed by atoms with van der Waals surface area (Å²) in [6, 6.07) is 7.02. The van der Waals surface area contributed by atoms with Gasteiger partial charge in [0.15, 0.2) is 62.2 Å². The van der Waals surface area contributed by atoms with Crippen LogP contribution in [0.15, 0.2) is 135 Å². The molecule has 3 saturated heterocycles. The van der Waals surface area contributed by atoms with Crippen LogP contribution in [0.3, 0.4) is 0 Å². The summed E-state index contributed by atoms with van der Waals surface area (Å²) < 4.78 is 173. The Kier molecular flexibility index (Phi) is 25.4. The molecule has 3 atom stereocenters. The summed E-state index contributed by atoms with van der Waals surface area (Å²) in [5.74, 6) is -18.2. The molecular weight excluding hydrogens is 1870 g/mol. The number of thioether (sulfide) groups is 1. The summed E-state index contributed by atoms with van der Waals surface area (Å²) in [4.78, 5) is 129. The van der Waals surface area contributed by atoms with Crippen molar-refractivity contribution >= 4 is 136 Å². The zero-order chi connectivity index (χ0) is 97.5. The number of aromatic hydroxyl groups is 3. The number of hydrogen-bond acceptors (Lipinski definition) is 22. The maximum absolute atomic E-state index is 17.3. The number of carbonyl (C=O) groups is 4. The van der Waals surface area contributed by atoms with Crippen LogP contribution in [0.4, 0.5) is 62.7 Å². The van der Waals surface area contributed by atoms with Crippen molar-refractivity contribution < 1.29 is 82.4 Å². The minimum atomic E-state index is -4.55. The molecule has 18 rings (SSSR count). The number of nitrogens with zero attached hydrogens (tertiary/aromatic N) is 15. The minimum absolute atomic E-state index is 0.0221. The lowest BCUT2D eigenvalue weighted by Gasteiger charge is -2.41. The number of anilines is 4. The Morgan fingerprint density at radius 1 is 0.459 bits per heavy atom. The second-order valence-corrected chi connectivity index (χ2v) is 37.8. The Morgan fingerprint density at radius 2 is 0.807 bits per heavy atom. The number of pyridine rings is 3. The molecule has 6 aliphatic heterocycles. The highest BCUT2D eigenvalue weighted by molar-refractivity contribution is 7.99. The first-order chi connectivity index (χ1) is 64.0. The molecule has 135 heavy (non-hydrogen) atoms. The van der Waals surface area contributed by atoms with E-state index < -0.39 is 191 Å². The number of carbonyl (C=O) groups excluding carboxylic acids is 4. The van der Waals surface area contributed by atoms with Crippen molar-refractivity contribution in [3.05, 3.63) is 244 Å². The van der Waals surface area contributed by atoms with E-state index in [2.05, 4.69) is 55.0 Å². The maximum atomic E-state index is 17.3. The number of aryl methyl sites for hydroxylation is 3. The highest BCUT2D eigenvalue weighted by atomic mass is 35.5. The lowest BCUT2D eigenvalue weighted by Crippen LogP contribution is -2.58. The van der Waals surface area contributed by atoms with Gasteiger partial charge in [-0.1, -0.05) is 96.1 Å². The van der Waals surface area contributed by atoms with E-state index in [0.29, 0.717) is 70.4 Å². The fraction of sp³-hybridized carbons (Fsp3) is 0.280. The van der Waals surface area contributed by atoms with E-state index in [4.69, 9.17) is 34.8 Å². The van der Waals surface area contributed by atoms with Gasteiger partial charge in [0.25, 0.3) is 0 Å². The van der Waals surface area contributed by atoms with E-state index in [1.54, 1.807) is 63.9 Å². The summed E-state index contributed by atoms with van der Waals surface area (Å²) >= 11 is 21.5. The summed E-state index contributed by atoms with van der Waals surface area (Å²) in [6.07, 6.45) is 8.06. The van der Waals surface area contributed by atoms with Gasteiger partial charge in [-0.25, -0.2) is 62.3 Å². The Hall–Kier alpha value is -13.4. The van der Waals surface area contributed by atoms with Crippen molar-refractivity contribution in [2.24, 2.45) is 0 Å². The number of phenols is 3. The zero-order valence-corrected chi connectivity index (χ0v) is 77.0. The van der Waals surface area contributed by atoms with Gasteiger partial charge < -0.3 is 50.0 Å². The number of aromatic nitrogens is 9. The maximum Gasteiger partial charge on any atom is 0.354 e. The van der Waals surface area contributed by atoms with E-state index >= 15 is 26.3 Å². The molecule has 3 fully saturated rings. The Morgan fingerprint density at radius 3 is 1.21 bits per heavy atom. The third kappa shape index (κ3) is 15.7. The van der Waals surface area contributed by atoms with Gasteiger partial charge in [-0.15, -0.1) is 11.8 Å². The van der Waals surface area contributed by atoms with Crippen molar-refractivity contribution in [2.75, 3.05) is 90.4 Å². The second-order valence-electron chi connectivity index (χ2n) is 33.6. The third-order valence-electron chi connectivity index (χ3n) is 24.6. The molecule has 0 radical (unpaired) electrons. The number of halogens is 12. The molecule has 12 aromatic rings. The van der Waals surface area contributed by atoms with Crippen molar-refractivity contribution in [3.63, 3.8) is 0 Å². The van der Waals surface area contributed by atoms with Crippen LogP contribution in [-0.4, -0.2) is 194 Å². The molecule has 4 N–H and O–H groups in total. The number of phenolic OH excluding ortho intramolecular Hbond substituents is 3. The predicted molar refractivity (Wildman–Crippen MR) is 493 cm³/mol. The lowest BCUT2D eigenvalue weighted by atomic mass is 9.98. The standard InChI is InChI=1S/C31H26ClF3N6O4.C31H27ClF3N5O5S.C31H27ClF3N5O3S/c1-5-18(43)39-10-11-40-16(12-39)30(44)37-26-21-28(24(35)20(22(26)32)19-17(42)7-6-15(33)23(19)34)41(31(45)38-29(21)40)27-14(4)8-9-36-25(27)13(2)3;1-5-19(42)38-10-11-39-16(12-38)13-46(44,45)29-22-28(25(35)21(23(29)32)20-18(41)7-6-17(33)24(20)34)40(31(43)37-30(22)39)27-15(4)8-9-36-26(27)14(2)3;1-5-19(42)38-10-11-39-16(12-38)13-44-29-22-28(25(35)21(23(29)32)20-18(41)7-6-17(33)24(20)34)40(31(43)37-30(22)39)27-15(4)8-9-36-26(27)14(2)3/h5-9,13,16,42H,1,10-12H2,2-4H3,(H,37,44);5-9,14,16,41H,1,10-13H2,2-4H3;5-9,14,16,41H,1,10-13H2,2-4H3. The SMILES string of the molecule is C=CC(=O)N1CCN2c3nc(=O)n(-c4c(C)ccnc4C(C)C)c4c(F)c(-c5c(O)ccc(F)c5F)c(Cl)c(c34)NC(=O)C2C1.C=CC(=O)N1CCN2c3nc(=O)n(-c4c(C)ccnc4C(C)C)c4c(F)c(-c5c(O)ccc(F)c5F)c(Cl)c(c34)S(=O)(=O)CC2C1.C=CC(=O)N1CCN2c3nc(=O)n(-c4c(C)ccnc4C(C)C)c4c(F)c(-c5c(O)ccc(F)c5F)c(Cl)c(c34)SCC2C1. The van der Waals surface area contributed by atoms with Crippen LogP contribution < -0.4 is 37.1 Å². The van der Waals surface area contributed by atoms with E-state index in [9.17, 15) is 70.5 Å². The fourth-order valence-electron chi connectivity index (χ4n) is 18.3. The molecule has 28 nitrogen and oxygen atoms in total. The first-order valence-electron chi connectivity index (χ1n) is 42.0. The molecule has 6 aromatic carbocycles. The van der Waals surface area contributed by atoms with Crippen LogP contribution in [0.1, 0.15) is 93.1 Å². The first-order valence-corrected chi connectivity index (χ1v) is 45.8. The number of amides is 4. The molecule has 3 unspecified atom stereocenters. The smallest absolute Gasteiger partial charge is 0.354 e. The molecule has 4 amide bonds. The minimum Gasteiger partial charge on any atom is -0.507 e. The highest BCUT2D eigenvalue weighted by Gasteiger charge is 2.47. The van der Waals surface area contributed by atoms with Gasteiger partial charge in [0.2, 0.25) is 23.6 Å². The number of benzene rings is 6. The van der Waals surface area contributed by atoms with Crippen molar-refractivity contribution in [1.29, 1.82) is 0 Å². The van der Waals surface area contributed by atoms with Gasteiger partial charge in [0, 0.05) is 98.3 Å². The molecule has 0 spiro atoms. The van der Waals surface area contributed by atoms with Crippen LogP contribution in [0, 0.1) is 73.1 Å².